The average molecular weight is 309 g/mol. The topological polar surface area (TPSA) is 71.5 Å². The van der Waals surface area contributed by atoms with Crippen LogP contribution in [0.5, 0.6) is 5.88 Å². The monoisotopic (exact) mass is 308 g/mol. The molecule has 1 atom stereocenters. The van der Waals surface area contributed by atoms with Gasteiger partial charge >= 0.3 is 5.97 Å². The molecular weight excluding hydrogens is 292 g/mol. The highest BCUT2D eigenvalue weighted by molar-refractivity contribution is 6.31. The molecule has 0 aliphatic carbocycles. The Morgan fingerprint density at radius 3 is 2.86 bits per heavy atom. The second-order valence-corrected chi connectivity index (χ2v) is 5.11. The molecule has 0 radical (unpaired) electrons. The summed E-state index contributed by atoms with van der Waals surface area (Å²) >= 11 is 5.86. The third kappa shape index (κ3) is 4.06. The standard InChI is InChI=1S/C10H8ClNO.C5H9NO2/c1-13-10-9-6-8(11)3-2-7(9)4-5-12-10;7-5(8)4-2-1-3-6-4/h2-6H,1H3;4,6H,1-3H2,(H,7,8)/t;4-/m.0/s1. The zero-order chi connectivity index (χ0) is 15.2. The van der Waals surface area contributed by atoms with Crippen molar-refractivity contribution in [3.63, 3.8) is 0 Å². The third-order valence-electron chi connectivity index (χ3n) is 3.24. The molecule has 5 nitrogen and oxygen atoms in total. The minimum Gasteiger partial charge on any atom is -0.481 e. The molecule has 2 N–H and O–H groups in total. The van der Waals surface area contributed by atoms with Gasteiger partial charge < -0.3 is 15.2 Å². The van der Waals surface area contributed by atoms with Crippen LogP contribution in [0.2, 0.25) is 5.02 Å². The number of carboxylic acid groups (broad SMARTS) is 1. The van der Waals surface area contributed by atoms with Crippen LogP contribution in [-0.2, 0) is 4.79 Å². The molecule has 112 valence electrons. The van der Waals surface area contributed by atoms with Crippen molar-refractivity contribution in [1.82, 2.24) is 10.3 Å². The predicted octanol–water partition coefficient (Wildman–Crippen LogP) is 2.72. The molecule has 1 aromatic carbocycles. The van der Waals surface area contributed by atoms with Crippen LogP contribution >= 0.6 is 11.6 Å². The Balaban J connectivity index is 0.000000173. The molecule has 1 aromatic heterocycles. The van der Waals surface area contributed by atoms with Gasteiger partial charge in [-0.15, -0.1) is 0 Å². The summed E-state index contributed by atoms with van der Waals surface area (Å²) in [5, 5.41) is 13.9. The van der Waals surface area contributed by atoms with Gasteiger partial charge in [0.15, 0.2) is 0 Å². The summed E-state index contributed by atoms with van der Waals surface area (Å²) in [7, 11) is 1.60. The number of ether oxygens (including phenoxy) is 1. The number of methoxy groups -OCH3 is 1. The first-order valence-electron chi connectivity index (χ1n) is 6.66. The van der Waals surface area contributed by atoms with Crippen molar-refractivity contribution in [3.05, 3.63) is 35.5 Å². The van der Waals surface area contributed by atoms with E-state index in [0.29, 0.717) is 10.9 Å². The van der Waals surface area contributed by atoms with Crippen LogP contribution in [0.25, 0.3) is 10.8 Å². The van der Waals surface area contributed by atoms with Crippen LogP contribution in [0.15, 0.2) is 30.5 Å². The van der Waals surface area contributed by atoms with Crippen molar-refractivity contribution in [2.45, 2.75) is 18.9 Å². The number of fused-ring (bicyclic) bond motifs is 1. The lowest BCUT2D eigenvalue weighted by Gasteiger charge is -2.03. The van der Waals surface area contributed by atoms with E-state index in [1.54, 1.807) is 13.3 Å². The Morgan fingerprint density at radius 1 is 1.48 bits per heavy atom. The van der Waals surface area contributed by atoms with Gasteiger partial charge in [-0.1, -0.05) is 17.7 Å². The molecule has 1 aliphatic rings. The predicted molar refractivity (Wildman–Crippen MR) is 82.0 cm³/mol. The molecular formula is C15H17ClN2O3. The van der Waals surface area contributed by atoms with E-state index in [4.69, 9.17) is 21.4 Å². The van der Waals surface area contributed by atoms with Gasteiger partial charge in [-0.25, -0.2) is 4.98 Å². The second kappa shape index (κ2) is 7.24. The lowest BCUT2D eigenvalue weighted by molar-refractivity contribution is -0.139. The summed E-state index contributed by atoms with van der Waals surface area (Å²) < 4.78 is 5.11. The zero-order valence-electron chi connectivity index (χ0n) is 11.7. The summed E-state index contributed by atoms with van der Waals surface area (Å²) in [5.74, 6) is -0.109. The van der Waals surface area contributed by atoms with Gasteiger partial charge in [0.25, 0.3) is 0 Å². The minimum atomic E-state index is -0.720. The molecule has 0 saturated carbocycles. The van der Waals surface area contributed by atoms with Gasteiger partial charge in [0.05, 0.1) is 7.11 Å². The Labute approximate surface area is 127 Å². The number of hydrogen-bond donors (Lipinski definition) is 2. The number of aliphatic carboxylic acids is 1. The maximum Gasteiger partial charge on any atom is 0.320 e. The van der Waals surface area contributed by atoms with E-state index in [1.807, 2.05) is 24.3 Å². The summed E-state index contributed by atoms with van der Waals surface area (Å²) in [6, 6.07) is 7.30. The van der Waals surface area contributed by atoms with Gasteiger partial charge in [-0.3, -0.25) is 4.79 Å². The van der Waals surface area contributed by atoms with E-state index in [2.05, 4.69) is 10.3 Å². The number of halogens is 1. The van der Waals surface area contributed by atoms with Crippen LogP contribution < -0.4 is 10.1 Å². The largest absolute Gasteiger partial charge is 0.481 e. The maximum absolute atomic E-state index is 10.1. The van der Waals surface area contributed by atoms with Crippen molar-refractivity contribution in [2.75, 3.05) is 13.7 Å². The molecule has 2 aromatic rings. The molecule has 0 amide bonds. The van der Waals surface area contributed by atoms with E-state index in [9.17, 15) is 4.79 Å². The summed E-state index contributed by atoms with van der Waals surface area (Å²) in [6.45, 7) is 0.858. The smallest absolute Gasteiger partial charge is 0.320 e. The van der Waals surface area contributed by atoms with Gasteiger partial charge in [-0.05, 0) is 43.0 Å². The van der Waals surface area contributed by atoms with E-state index < -0.39 is 5.97 Å². The molecule has 0 spiro atoms. The molecule has 1 fully saturated rings. The third-order valence-corrected chi connectivity index (χ3v) is 3.48. The quantitative estimate of drug-likeness (QED) is 0.892. The van der Waals surface area contributed by atoms with Crippen molar-refractivity contribution >= 4 is 28.3 Å². The zero-order valence-corrected chi connectivity index (χ0v) is 12.4. The number of nitrogens with one attached hydrogen (secondary N) is 1. The maximum atomic E-state index is 10.1. The number of pyridine rings is 1. The van der Waals surface area contributed by atoms with E-state index in [0.717, 1.165) is 30.2 Å². The van der Waals surface area contributed by atoms with Crippen LogP contribution in [0.4, 0.5) is 0 Å². The first kappa shape index (κ1) is 15.5. The van der Waals surface area contributed by atoms with Gasteiger partial charge in [-0.2, -0.15) is 0 Å². The van der Waals surface area contributed by atoms with Crippen molar-refractivity contribution in [1.29, 1.82) is 0 Å². The molecule has 6 heteroatoms. The fourth-order valence-corrected chi connectivity index (χ4v) is 2.34. The van der Waals surface area contributed by atoms with E-state index >= 15 is 0 Å². The lowest BCUT2D eigenvalue weighted by atomic mass is 10.2. The number of rotatable bonds is 2. The number of hydrogen-bond acceptors (Lipinski definition) is 4. The van der Waals surface area contributed by atoms with Crippen LogP contribution in [-0.4, -0.2) is 35.8 Å². The van der Waals surface area contributed by atoms with E-state index in [-0.39, 0.29) is 6.04 Å². The fourth-order valence-electron chi connectivity index (χ4n) is 2.17. The minimum absolute atomic E-state index is 0.269. The van der Waals surface area contributed by atoms with Crippen LogP contribution in [0, 0.1) is 0 Å². The number of carbonyl (C=O) groups is 1. The molecule has 0 unspecified atom stereocenters. The Bertz CT molecular complexity index is 627. The summed E-state index contributed by atoms with van der Waals surface area (Å²) in [6.07, 6.45) is 3.50. The molecule has 1 aliphatic heterocycles. The van der Waals surface area contributed by atoms with Gasteiger partial charge in [0.2, 0.25) is 5.88 Å². The summed E-state index contributed by atoms with van der Waals surface area (Å²) in [5.41, 5.74) is 0. The fraction of sp³-hybridized carbons (Fsp3) is 0.333. The average Bonchev–Trinajstić information content (AvgIpc) is 3.01. The SMILES string of the molecule is COc1nccc2ccc(Cl)cc12.O=C(O)[C@@H]1CCCN1. The Kier molecular flexibility index (Phi) is 5.36. The van der Waals surface area contributed by atoms with Crippen LogP contribution in [0.3, 0.4) is 0 Å². The highest BCUT2D eigenvalue weighted by Crippen LogP contribution is 2.25. The molecule has 1 saturated heterocycles. The van der Waals surface area contributed by atoms with E-state index in [1.165, 1.54) is 0 Å². The highest BCUT2D eigenvalue weighted by atomic mass is 35.5. The normalized spacial score (nSPS) is 17.1. The number of nitrogens with zero attached hydrogens (tertiary/aromatic N) is 1. The number of carboxylic acids is 1. The highest BCUT2D eigenvalue weighted by Gasteiger charge is 2.20. The number of aromatic nitrogens is 1. The molecule has 21 heavy (non-hydrogen) atoms. The first-order valence-corrected chi connectivity index (χ1v) is 7.04. The molecule has 0 bridgehead atoms. The van der Waals surface area contributed by atoms with Crippen molar-refractivity contribution in [3.8, 4) is 5.88 Å². The second-order valence-electron chi connectivity index (χ2n) is 4.67. The number of benzene rings is 1. The Hall–Kier alpha value is -1.85. The van der Waals surface area contributed by atoms with Crippen molar-refractivity contribution in [2.24, 2.45) is 0 Å². The van der Waals surface area contributed by atoms with Crippen molar-refractivity contribution < 1.29 is 14.6 Å². The summed E-state index contributed by atoms with van der Waals surface area (Å²) in [4.78, 5) is 14.2. The van der Waals surface area contributed by atoms with Gasteiger partial charge in [0, 0.05) is 16.6 Å². The lowest BCUT2D eigenvalue weighted by Crippen LogP contribution is -2.29. The molecule has 3 rings (SSSR count). The molecule has 2 heterocycles. The Morgan fingerprint density at radius 2 is 2.29 bits per heavy atom. The first-order chi connectivity index (χ1) is 10.1. The van der Waals surface area contributed by atoms with Crippen LogP contribution in [0.1, 0.15) is 12.8 Å². The van der Waals surface area contributed by atoms with Gasteiger partial charge in [0.1, 0.15) is 6.04 Å².